The van der Waals surface area contributed by atoms with Crippen molar-refractivity contribution in [2.45, 2.75) is 19.4 Å². The number of aryl methyl sites for hydroxylation is 1. The molecule has 92 valence electrons. The number of hydrogen-bond acceptors (Lipinski definition) is 3. The second-order valence-corrected chi connectivity index (χ2v) is 4.20. The van der Waals surface area contributed by atoms with E-state index < -0.39 is 0 Å². The van der Waals surface area contributed by atoms with Crippen molar-refractivity contribution in [3.05, 3.63) is 29.3 Å². The summed E-state index contributed by atoms with van der Waals surface area (Å²) in [5.74, 6) is 6.04. The Labute approximate surface area is 101 Å². The molecule has 1 aliphatic rings. The van der Waals surface area contributed by atoms with Crippen LogP contribution in [0.3, 0.4) is 0 Å². The standard InChI is InChI=1S/C12H17N3O2/c1-15(12(16)14-13)8-9-4-5-11-10(7-9)3-2-6-17-11/h4-5,7H,2-3,6,8,13H2,1H3,(H,14,16). The molecule has 5 nitrogen and oxygen atoms in total. The van der Waals surface area contributed by atoms with Crippen molar-refractivity contribution < 1.29 is 9.53 Å². The second kappa shape index (κ2) is 5.05. The molecule has 1 heterocycles. The molecule has 0 bridgehead atoms. The minimum atomic E-state index is -0.293. The van der Waals surface area contributed by atoms with E-state index in [9.17, 15) is 4.79 Å². The van der Waals surface area contributed by atoms with Crippen molar-refractivity contribution in [2.24, 2.45) is 5.84 Å². The maximum absolute atomic E-state index is 11.3. The molecule has 0 aromatic heterocycles. The molecule has 0 radical (unpaired) electrons. The number of nitrogens with zero attached hydrogens (tertiary/aromatic N) is 1. The van der Waals surface area contributed by atoms with E-state index in [1.165, 1.54) is 10.5 Å². The Kier molecular flexibility index (Phi) is 3.49. The molecular formula is C12H17N3O2. The summed E-state index contributed by atoms with van der Waals surface area (Å²) in [6.45, 7) is 1.33. The summed E-state index contributed by atoms with van der Waals surface area (Å²) in [4.78, 5) is 12.8. The maximum atomic E-state index is 11.3. The molecule has 17 heavy (non-hydrogen) atoms. The van der Waals surface area contributed by atoms with E-state index in [-0.39, 0.29) is 6.03 Å². The van der Waals surface area contributed by atoms with E-state index in [2.05, 4.69) is 11.5 Å². The van der Waals surface area contributed by atoms with Crippen LogP contribution in [0.1, 0.15) is 17.5 Å². The minimum absolute atomic E-state index is 0.293. The van der Waals surface area contributed by atoms with E-state index >= 15 is 0 Å². The van der Waals surface area contributed by atoms with E-state index in [1.807, 2.05) is 12.1 Å². The number of benzene rings is 1. The fourth-order valence-corrected chi connectivity index (χ4v) is 1.97. The molecule has 2 amide bonds. The van der Waals surface area contributed by atoms with E-state index in [0.717, 1.165) is 30.8 Å². The zero-order chi connectivity index (χ0) is 12.3. The second-order valence-electron chi connectivity index (χ2n) is 4.20. The van der Waals surface area contributed by atoms with Crippen molar-refractivity contribution in [1.29, 1.82) is 0 Å². The number of carbonyl (C=O) groups is 1. The molecule has 3 N–H and O–H groups in total. The van der Waals surface area contributed by atoms with Crippen LogP contribution in [0, 0.1) is 0 Å². The van der Waals surface area contributed by atoms with E-state index in [0.29, 0.717) is 6.54 Å². The summed E-state index contributed by atoms with van der Waals surface area (Å²) < 4.78 is 5.54. The summed E-state index contributed by atoms with van der Waals surface area (Å²) in [6, 6.07) is 5.75. The lowest BCUT2D eigenvalue weighted by Gasteiger charge is -2.20. The van der Waals surface area contributed by atoms with E-state index in [4.69, 9.17) is 10.6 Å². The molecule has 0 saturated carbocycles. The molecule has 0 unspecified atom stereocenters. The lowest BCUT2D eigenvalue weighted by atomic mass is 10.0. The normalized spacial score (nSPS) is 13.5. The van der Waals surface area contributed by atoms with Gasteiger partial charge in [0.15, 0.2) is 0 Å². The molecule has 1 aromatic carbocycles. The topological polar surface area (TPSA) is 67.6 Å². The predicted molar refractivity (Wildman–Crippen MR) is 64.4 cm³/mol. The van der Waals surface area contributed by atoms with Crippen molar-refractivity contribution in [3.63, 3.8) is 0 Å². The number of amides is 2. The Hall–Kier alpha value is -1.75. The van der Waals surface area contributed by atoms with Crippen LogP contribution in [0.25, 0.3) is 0 Å². The lowest BCUT2D eigenvalue weighted by Crippen LogP contribution is -2.40. The maximum Gasteiger partial charge on any atom is 0.331 e. The molecule has 2 rings (SSSR count). The summed E-state index contributed by atoms with van der Waals surface area (Å²) in [6.07, 6.45) is 2.09. The van der Waals surface area contributed by atoms with Crippen LogP contribution in [0.5, 0.6) is 5.75 Å². The third-order valence-corrected chi connectivity index (χ3v) is 2.86. The fourth-order valence-electron chi connectivity index (χ4n) is 1.97. The highest BCUT2D eigenvalue weighted by Gasteiger charge is 2.12. The number of nitrogens with two attached hydrogens (primary N) is 1. The van der Waals surface area contributed by atoms with E-state index in [1.54, 1.807) is 7.05 Å². The van der Waals surface area contributed by atoms with Crippen molar-refractivity contribution in [2.75, 3.05) is 13.7 Å². The summed E-state index contributed by atoms with van der Waals surface area (Å²) in [7, 11) is 1.71. The molecule has 0 fully saturated rings. The third kappa shape index (κ3) is 2.68. The minimum Gasteiger partial charge on any atom is -0.493 e. The van der Waals surface area contributed by atoms with Gasteiger partial charge in [-0.1, -0.05) is 12.1 Å². The first-order chi connectivity index (χ1) is 8.20. The summed E-state index contributed by atoms with van der Waals surface area (Å²) in [5.41, 5.74) is 4.41. The van der Waals surface area contributed by atoms with Gasteiger partial charge < -0.3 is 9.64 Å². The van der Waals surface area contributed by atoms with Gasteiger partial charge in [0.2, 0.25) is 0 Å². The highest BCUT2D eigenvalue weighted by molar-refractivity contribution is 5.73. The molecule has 5 heteroatoms. The quantitative estimate of drug-likeness (QED) is 0.457. The van der Waals surface area contributed by atoms with Crippen LogP contribution >= 0.6 is 0 Å². The molecule has 0 saturated heterocycles. The Bertz CT molecular complexity index is 420. The number of hydrazine groups is 1. The first kappa shape index (κ1) is 11.7. The average Bonchev–Trinajstić information content (AvgIpc) is 2.37. The van der Waals surface area contributed by atoms with Crippen LogP contribution in [0.4, 0.5) is 4.79 Å². The van der Waals surface area contributed by atoms with Gasteiger partial charge in [-0.25, -0.2) is 10.6 Å². The fraction of sp³-hybridized carbons (Fsp3) is 0.417. The van der Waals surface area contributed by atoms with Crippen molar-refractivity contribution in [3.8, 4) is 5.75 Å². The highest BCUT2D eigenvalue weighted by atomic mass is 16.5. The molecule has 0 atom stereocenters. The summed E-state index contributed by atoms with van der Waals surface area (Å²) >= 11 is 0. The average molecular weight is 235 g/mol. The number of carbonyl (C=O) groups excluding carboxylic acids is 1. The predicted octanol–water partition coefficient (Wildman–Crippen LogP) is 1.03. The first-order valence-electron chi connectivity index (χ1n) is 5.67. The smallest absolute Gasteiger partial charge is 0.331 e. The molecule has 0 aliphatic carbocycles. The van der Waals surface area contributed by atoms with Gasteiger partial charge in [0.1, 0.15) is 5.75 Å². The Balaban J connectivity index is 2.09. The van der Waals surface area contributed by atoms with Gasteiger partial charge in [-0.05, 0) is 30.0 Å². The third-order valence-electron chi connectivity index (χ3n) is 2.86. The SMILES string of the molecule is CN(Cc1ccc2c(c1)CCCO2)C(=O)NN. The number of fused-ring (bicyclic) bond motifs is 1. The Morgan fingerprint density at radius 2 is 2.41 bits per heavy atom. The highest BCUT2D eigenvalue weighted by Crippen LogP contribution is 2.25. The van der Waals surface area contributed by atoms with Gasteiger partial charge in [-0.3, -0.25) is 5.43 Å². The molecule has 1 aliphatic heterocycles. The molecular weight excluding hydrogens is 218 g/mol. The van der Waals surface area contributed by atoms with Gasteiger partial charge >= 0.3 is 6.03 Å². The van der Waals surface area contributed by atoms with Crippen molar-refractivity contribution >= 4 is 6.03 Å². The summed E-state index contributed by atoms with van der Waals surface area (Å²) in [5, 5.41) is 0. The number of rotatable bonds is 2. The van der Waals surface area contributed by atoms with Crippen LogP contribution < -0.4 is 16.0 Å². The Morgan fingerprint density at radius 1 is 1.59 bits per heavy atom. The van der Waals surface area contributed by atoms with Crippen LogP contribution in [-0.4, -0.2) is 24.6 Å². The number of urea groups is 1. The zero-order valence-corrected chi connectivity index (χ0v) is 9.90. The molecule has 0 spiro atoms. The lowest BCUT2D eigenvalue weighted by molar-refractivity contribution is 0.207. The first-order valence-corrected chi connectivity index (χ1v) is 5.67. The van der Waals surface area contributed by atoms with Crippen LogP contribution in [0.15, 0.2) is 18.2 Å². The number of ether oxygens (including phenoxy) is 1. The number of hydrogen-bond donors (Lipinski definition) is 2. The Morgan fingerprint density at radius 3 is 3.18 bits per heavy atom. The van der Waals surface area contributed by atoms with Gasteiger partial charge in [-0.15, -0.1) is 0 Å². The number of nitrogens with one attached hydrogen (secondary N) is 1. The zero-order valence-electron chi connectivity index (χ0n) is 9.90. The van der Waals surface area contributed by atoms with Gasteiger partial charge in [0.05, 0.1) is 6.61 Å². The molecule has 1 aromatic rings. The van der Waals surface area contributed by atoms with Crippen LogP contribution in [0.2, 0.25) is 0 Å². The monoisotopic (exact) mass is 235 g/mol. The van der Waals surface area contributed by atoms with Gasteiger partial charge in [0, 0.05) is 13.6 Å². The van der Waals surface area contributed by atoms with Gasteiger partial charge in [0.25, 0.3) is 0 Å². The largest absolute Gasteiger partial charge is 0.493 e. The van der Waals surface area contributed by atoms with Gasteiger partial charge in [-0.2, -0.15) is 0 Å². The van der Waals surface area contributed by atoms with Crippen molar-refractivity contribution in [1.82, 2.24) is 10.3 Å². The van der Waals surface area contributed by atoms with Crippen LogP contribution in [-0.2, 0) is 13.0 Å².